The number of esters is 1. The van der Waals surface area contributed by atoms with Gasteiger partial charge in [0.25, 0.3) is 0 Å². The molecular formula is C17H11F3N2O2. The van der Waals surface area contributed by atoms with Gasteiger partial charge in [0.2, 0.25) is 0 Å². The molecule has 0 atom stereocenters. The maximum atomic E-state index is 12.5. The fraction of sp³-hybridized carbons (Fsp3) is 0.0588. The fourth-order valence-corrected chi connectivity index (χ4v) is 2.06. The number of hydrogen-bond donors (Lipinski definition) is 0. The van der Waals surface area contributed by atoms with Crippen LogP contribution in [-0.2, 0) is 6.18 Å². The van der Waals surface area contributed by atoms with Crippen LogP contribution < -0.4 is 4.74 Å². The Balaban J connectivity index is 1.70. The summed E-state index contributed by atoms with van der Waals surface area (Å²) in [6, 6.07) is 10.5. The molecule has 0 saturated heterocycles. The molecule has 7 heteroatoms. The van der Waals surface area contributed by atoms with Gasteiger partial charge in [-0.2, -0.15) is 13.2 Å². The topological polar surface area (TPSA) is 44.1 Å². The van der Waals surface area contributed by atoms with Gasteiger partial charge < -0.3 is 9.30 Å². The summed E-state index contributed by atoms with van der Waals surface area (Å²) in [7, 11) is 0. The van der Waals surface area contributed by atoms with Gasteiger partial charge in [0.05, 0.1) is 17.5 Å². The second-order valence-electron chi connectivity index (χ2n) is 4.93. The summed E-state index contributed by atoms with van der Waals surface area (Å²) < 4.78 is 44.4. The van der Waals surface area contributed by atoms with Crippen molar-refractivity contribution >= 4 is 5.97 Å². The lowest BCUT2D eigenvalue weighted by atomic mass is 10.1. The fourth-order valence-electron chi connectivity index (χ4n) is 2.06. The standard InChI is InChI=1S/C17H11F3N2O2/c18-17(19,20)13-3-1-12(2-4-13)16(23)24-15-7-5-14(6-8-15)22-10-9-21-11-22/h1-11H. The first kappa shape index (κ1) is 15.8. The van der Waals surface area contributed by atoms with Crippen LogP contribution in [0.25, 0.3) is 5.69 Å². The van der Waals surface area contributed by atoms with Crippen molar-refractivity contribution in [2.45, 2.75) is 6.18 Å². The van der Waals surface area contributed by atoms with Gasteiger partial charge in [0, 0.05) is 18.1 Å². The monoisotopic (exact) mass is 332 g/mol. The van der Waals surface area contributed by atoms with Crippen LogP contribution in [0.4, 0.5) is 13.2 Å². The molecule has 1 heterocycles. The van der Waals surface area contributed by atoms with Crippen LogP contribution in [0.3, 0.4) is 0 Å². The van der Waals surface area contributed by atoms with E-state index in [9.17, 15) is 18.0 Å². The van der Waals surface area contributed by atoms with E-state index in [0.717, 1.165) is 30.0 Å². The van der Waals surface area contributed by atoms with Crippen LogP contribution in [0.15, 0.2) is 67.3 Å². The van der Waals surface area contributed by atoms with Gasteiger partial charge in [-0.3, -0.25) is 0 Å². The van der Waals surface area contributed by atoms with E-state index in [-0.39, 0.29) is 5.56 Å². The zero-order valence-corrected chi connectivity index (χ0v) is 12.2. The summed E-state index contributed by atoms with van der Waals surface area (Å²) in [4.78, 5) is 15.9. The zero-order valence-electron chi connectivity index (χ0n) is 12.2. The number of ether oxygens (including phenoxy) is 1. The molecule has 3 aromatic rings. The first-order chi connectivity index (χ1) is 11.4. The number of aromatic nitrogens is 2. The summed E-state index contributed by atoms with van der Waals surface area (Å²) in [6.45, 7) is 0. The number of carbonyl (C=O) groups is 1. The normalized spacial score (nSPS) is 11.3. The number of nitrogens with zero attached hydrogens (tertiary/aromatic N) is 2. The molecule has 3 rings (SSSR count). The van der Waals surface area contributed by atoms with Crippen molar-refractivity contribution in [1.82, 2.24) is 9.55 Å². The van der Waals surface area contributed by atoms with Crippen LogP contribution in [0.1, 0.15) is 15.9 Å². The van der Waals surface area contributed by atoms with Crippen molar-refractivity contribution < 1.29 is 22.7 Å². The average molecular weight is 332 g/mol. The number of alkyl halides is 3. The molecule has 0 aliphatic heterocycles. The third-order valence-electron chi connectivity index (χ3n) is 3.30. The highest BCUT2D eigenvalue weighted by atomic mass is 19.4. The van der Waals surface area contributed by atoms with E-state index in [1.165, 1.54) is 0 Å². The summed E-state index contributed by atoms with van der Waals surface area (Å²) in [5.74, 6) is -0.428. The zero-order chi connectivity index (χ0) is 17.2. The number of benzene rings is 2. The molecule has 0 N–H and O–H groups in total. The van der Waals surface area contributed by atoms with Crippen LogP contribution >= 0.6 is 0 Å². The molecule has 0 unspecified atom stereocenters. The Morgan fingerprint density at radius 1 is 1.00 bits per heavy atom. The maximum absolute atomic E-state index is 12.5. The quantitative estimate of drug-likeness (QED) is 0.535. The number of halogens is 3. The molecule has 0 bridgehead atoms. The average Bonchev–Trinajstić information content (AvgIpc) is 3.09. The minimum absolute atomic E-state index is 0.0432. The highest BCUT2D eigenvalue weighted by Gasteiger charge is 2.30. The Hall–Kier alpha value is -3.09. The highest BCUT2D eigenvalue weighted by Crippen LogP contribution is 2.29. The van der Waals surface area contributed by atoms with E-state index in [1.807, 2.05) is 0 Å². The largest absolute Gasteiger partial charge is 0.423 e. The molecule has 0 fully saturated rings. The first-order valence-corrected chi connectivity index (χ1v) is 6.91. The Morgan fingerprint density at radius 2 is 1.67 bits per heavy atom. The SMILES string of the molecule is O=C(Oc1ccc(-n2ccnc2)cc1)c1ccc(C(F)(F)F)cc1. The number of rotatable bonds is 3. The van der Waals surface area contributed by atoms with Crippen LogP contribution in [0, 0.1) is 0 Å². The number of hydrogen-bond acceptors (Lipinski definition) is 3. The lowest BCUT2D eigenvalue weighted by Crippen LogP contribution is -2.10. The molecular weight excluding hydrogens is 321 g/mol. The third kappa shape index (κ3) is 3.45. The number of imidazole rings is 1. The van der Waals surface area contributed by atoms with Gasteiger partial charge in [-0.15, -0.1) is 0 Å². The molecule has 0 aliphatic rings. The van der Waals surface area contributed by atoms with Crippen molar-refractivity contribution in [2.75, 3.05) is 0 Å². The summed E-state index contributed by atoms with van der Waals surface area (Å²) >= 11 is 0. The molecule has 24 heavy (non-hydrogen) atoms. The highest BCUT2D eigenvalue weighted by molar-refractivity contribution is 5.91. The van der Waals surface area contributed by atoms with Crippen LogP contribution in [0.2, 0.25) is 0 Å². The molecule has 0 amide bonds. The van der Waals surface area contributed by atoms with E-state index in [2.05, 4.69) is 4.98 Å². The molecule has 0 saturated carbocycles. The Morgan fingerprint density at radius 3 is 2.21 bits per heavy atom. The second-order valence-corrected chi connectivity index (χ2v) is 4.93. The third-order valence-corrected chi connectivity index (χ3v) is 3.30. The smallest absolute Gasteiger partial charge is 0.416 e. The Kier molecular flexibility index (Phi) is 4.07. The summed E-state index contributed by atoms with van der Waals surface area (Å²) in [5.41, 5.74) is 0.0623. The summed E-state index contributed by atoms with van der Waals surface area (Å²) in [5, 5.41) is 0. The van der Waals surface area contributed by atoms with E-state index >= 15 is 0 Å². The van der Waals surface area contributed by atoms with E-state index < -0.39 is 17.7 Å². The van der Waals surface area contributed by atoms with Crippen molar-refractivity contribution in [3.8, 4) is 11.4 Å². The van der Waals surface area contributed by atoms with E-state index in [4.69, 9.17) is 4.74 Å². The minimum atomic E-state index is -4.44. The Bertz CT molecular complexity index is 824. The van der Waals surface area contributed by atoms with Crippen molar-refractivity contribution in [1.29, 1.82) is 0 Å². The lowest BCUT2D eigenvalue weighted by molar-refractivity contribution is -0.137. The minimum Gasteiger partial charge on any atom is -0.423 e. The van der Waals surface area contributed by atoms with Crippen molar-refractivity contribution in [3.05, 3.63) is 78.4 Å². The maximum Gasteiger partial charge on any atom is 0.416 e. The summed E-state index contributed by atoms with van der Waals surface area (Å²) in [6.07, 6.45) is 0.594. The van der Waals surface area contributed by atoms with Gasteiger partial charge in [-0.05, 0) is 48.5 Å². The van der Waals surface area contributed by atoms with Crippen molar-refractivity contribution in [2.24, 2.45) is 0 Å². The Labute approximate surface area is 135 Å². The predicted octanol–water partition coefficient (Wildman–Crippen LogP) is 4.11. The predicted molar refractivity (Wildman–Crippen MR) is 80.0 cm³/mol. The molecule has 4 nitrogen and oxygen atoms in total. The number of carbonyl (C=O) groups excluding carboxylic acids is 1. The van der Waals surface area contributed by atoms with Gasteiger partial charge in [0.1, 0.15) is 5.75 Å². The van der Waals surface area contributed by atoms with Gasteiger partial charge in [0.15, 0.2) is 0 Å². The van der Waals surface area contributed by atoms with E-state index in [0.29, 0.717) is 5.75 Å². The van der Waals surface area contributed by atoms with Gasteiger partial charge >= 0.3 is 12.1 Å². The van der Waals surface area contributed by atoms with E-state index in [1.54, 1.807) is 47.6 Å². The van der Waals surface area contributed by atoms with Gasteiger partial charge in [-0.25, -0.2) is 9.78 Å². The van der Waals surface area contributed by atoms with Gasteiger partial charge in [-0.1, -0.05) is 0 Å². The molecule has 0 spiro atoms. The molecule has 0 radical (unpaired) electrons. The molecule has 1 aromatic heterocycles. The molecule has 0 aliphatic carbocycles. The van der Waals surface area contributed by atoms with Crippen LogP contribution in [-0.4, -0.2) is 15.5 Å². The molecule has 2 aromatic carbocycles. The lowest BCUT2D eigenvalue weighted by Gasteiger charge is -2.08. The van der Waals surface area contributed by atoms with Crippen molar-refractivity contribution in [3.63, 3.8) is 0 Å². The first-order valence-electron chi connectivity index (χ1n) is 6.91. The second kappa shape index (κ2) is 6.19. The molecule has 122 valence electrons. The van der Waals surface area contributed by atoms with Crippen LogP contribution in [0.5, 0.6) is 5.75 Å².